The van der Waals surface area contributed by atoms with Gasteiger partial charge < -0.3 is 10.2 Å². The minimum atomic E-state index is -0.657. The highest BCUT2D eigenvalue weighted by atomic mass is 16.4. The van der Waals surface area contributed by atoms with Crippen LogP contribution in [0.3, 0.4) is 0 Å². The molecule has 0 radical (unpaired) electrons. The highest BCUT2D eigenvalue weighted by Gasteiger charge is 2.42. The van der Waals surface area contributed by atoms with Gasteiger partial charge in [0.2, 0.25) is 0 Å². The van der Waals surface area contributed by atoms with Crippen molar-refractivity contribution in [2.75, 3.05) is 0 Å². The summed E-state index contributed by atoms with van der Waals surface area (Å²) in [5.41, 5.74) is -0.0667. The van der Waals surface area contributed by atoms with Crippen molar-refractivity contribution >= 4 is 11.8 Å². The van der Waals surface area contributed by atoms with Gasteiger partial charge in [0.15, 0.2) is 5.78 Å². The Bertz CT molecular complexity index is 536. The van der Waals surface area contributed by atoms with E-state index >= 15 is 0 Å². The van der Waals surface area contributed by atoms with Crippen LogP contribution >= 0.6 is 0 Å². The highest BCUT2D eigenvalue weighted by molar-refractivity contribution is 5.94. The fourth-order valence-electron chi connectivity index (χ4n) is 4.52. The normalized spacial score (nSPS) is 28.5. The number of carbonyl (C=O) groups excluding carboxylic acids is 1. The first-order valence-corrected chi connectivity index (χ1v) is 10.9. The van der Waals surface area contributed by atoms with E-state index < -0.39 is 5.97 Å². The van der Waals surface area contributed by atoms with Crippen molar-refractivity contribution in [1.82, 2.24) is 0 Å². The van der Waals surface area contributed by atoms with Gasteiger partial charge in [-0.25, -0.2) is 0 Å². The molecule has 5 atom stereocenters. The molecule has 2 N–H and O–H groups in total. The van der Waals surface area contributed by atoms with Crippen LogP contribution in [0.15, 0.2) is 12.2 Å². The van der Waals surface area contributed by atoms with Crippen LogP contribution in [-0.4, -0.2) is 28.1 Å². The second-order valence-electron chi connectivity index (χ2n) is 9.44. The van der Waals surface area contributed by atoms with E-state index in [-0.39, 0.29) is 35.1 Å². The Balaban J connectivity index is 1.70. The summed E-state index contributed by atoms with van der Waals surface area (Å²) >= 11 is 0. The van der Waals surface area contributed by atoms with E-state index in [0.29, 0.717) is 5.92 Å². The molecule has 4 heteroatoms. The van der Waals surface area contributed by atoms with Gasteiger partial charge in [-0.2, -0.15) is 0 Å². The summed E-state index contributed by atoms with van der Waals surface area (Å²) in [6.07, 6.45) is 13.1. The van der Waals surface area contributed by atoms with Crippen LogP contribution in [0.5, 0.6) is 0 Å². The Kier molecular flexibility index (Phi) is 8.08. The summed E-state index contributed by atoms with van der Waals surface area (Å²) in [6, 6.07) is 0. The van der Waals surface area contributed by atoms with Crippen LogP contribution in [-0.2, 0) is 9.59 Å². The lowest BCUT2D eigenvalue weighted by Gasteiger charge is -2.31. The minimum Gasteiger partial charge on any atom is -0.481 e. The molecule has 0 bridgehead atoms. The van der Waals surface area contributed by atoms with E-state index in [0.717, 1.165) is 64.2 Å². The Morgan fingerprint density at radius 2 is 1.93 bits per heavy atom. The zero-order valence-electron chi connectivity index (χ0n) is 17.3. The van der Waals surface area contributed by atoms with Crippen LogP contribution < -0.4 is 0 Å². The maximum Gasteiger partial charge on any atom is 0.306 e. The largest absolute Gasteiger partial charge is 0.481 e. The van der Waals surface area contributed by atoms with Gasteiger partial charge in [-0.05, 0) is 61.9 Å². The molecule has 0 heterocycles. The standard InChI is InChI=1S/C23H38O4/c1-4-5-14-23(2,3)21(25)13-11-16-10-12-20(24)18(16)9-7-6-8-17-15-19(17)22(26)27/h10,12,16-19,21,25H,4-9,11,13-15H2,1-3H3,(H,26,27)/t16-,17-,18-,19-,21-/m1/s1. The smallest absolute Gasteiger partial charge is 0.306 e. The van der Waals surface area contributed by atoms with Crippen LogP contribution in [0.4, 0.5) is 0 Å². The molecule has 27 heavy (non-hydrogen) atoms. The Morgan fingerprint density at radius 3 is 2.56 bits per heavy atom. The number of aliphatic hydroxyl groups is 1. The number of hydrogen-bond acceptors (Lipinski definition) is 3. The van der Waals surface area contributed by atoms with Crippen LogP contribution in [0.2, 0.25) is 0 Å². The molecule has 0 aliphatic heterocycles. The van der Waals surface area contributed by atoms with E-state index in [9.17, 15) is 14.7 Å². The van der Waals surface area contributed by atoms with Gasteiger partial charge in [0.25, 0.3) is 0 Å². The number of aliphatic hydroxyl groups excluding tert-OH is 1. The summed E-state index contributed by atoms with van der Waals surface area (Å²) in [4.78, 5) is 23.1. The van der Waals surface area contributed by atoms with E-state index in [1.54, 1.807) is 6.08 Å². The first kappa shape index (κ1) is 22.1. The first-order valence-electron chi connectivity index (χ1n) is 10.9. The zero-order valence-corrected chi connectivity index (χ0v) is 17.3. The van der Waals surface area contributed by atoms with Crippen molar-refractivity contribution in [2.24, 2.45) is 29.1 Å². The molecule has 2 aliphatic rings. The number of carbonyl (C=O) groups is 2. The van der Waals surface area contributed by atoms with Crippen LogP contribution in [0, 0.1) is 29.1 Å². The fourth-order valence-corrected chi connectivity index (χ4v) is 4.52. The van der Waals surface area contributed by atoms with Crippen molar-refractivity contribution in [3.8, 4) is 0 Å². The number of allylic oxidation sites excluding steroid dienone is 2. The molecule has 2 rings (SSSR count). The second-order valence-corrected chi connectivity index (χ2v) is 9.44. The number of hydrogen-bond donors (Lipinski definition) is 2. The molecule has 0 spiro atoms. The molecule has 0 aromatic heterocycles. The maximum absolute atomic E-state index is 12.2. The summed E-state index contributed by atoms with van der Waals surface area (Å²) < 4.78 is 0. The van der Waals surface area contributed by atoms with Crippen LogP contribution in [0.1, 0.15) is 85.0 Å². The first-order chi connectivity index (χ1) is 12.8. The van der Waals surface area contributed by atoms with Gasteiger partial charge in [0.05, 0.1) is 12.0 Å². The Hall–Kier alpha value is -1.16. The average molecular weight is 379 g/mol. The number of aliphatic carboxylic acids is 1. The van der Waals surface area contributed by atoms with Gasteiger partial charge in [-0.1, -0.05) is 52.5 Å². The van der Waals surface area contributed by atoms with Gasteiger partial charge >= 0.3 is 5.97 Å². The SMILES string of the molecule is CCCCC(C)(C)[C@H](O)CC[C@H]1C=CC(=O)[C@@H]1CCCC[C@@H]1C[C@H]1C(=O)O. The van der Waals surface area contributed by atoms with Crippen molar-refractivity contribution in [1.29, 1.82) is 0 Å². The van der Waals surface area contributed by atoms with Crippen molar-refractivity contribution in [3.63, 3.8) is 0 Å². The molecular formula is C23H38O4. The van der Waals surface area contributed by atoms with Gasteiger partial charge in [-0.15, -0.1) is 0 Å². The zero-order chi connectivity index (χ0) is 20.0. The Morgan fingerprint density at radius 1 is 1.22 bits per heavy atom. The predicted octanol–water partition coefficient (Wildman–Crippen LogP) is 5.00. The third-order valence-corrected chi connectivity index (χ3v) is 6.82. The van der Waals surface area contributed by atoms with Gasteiger partial charge in [0, 0.05) is 5.92 Å². The molecule has 0 aromatic rings. The second kappa shape index (κ2) is 9.86. The Labute approximate surface area is 164 Å². The third-order valence-electron chi connectivity index (χ3n) is 6.82. The third kappa shape index (κ3) is 6.44. The van der Waals surface area contributed by atoms with E-state index in [4.69, 9.17) is 5.11 Å². The molecule has 154 valence electrons. The molecular weight excluding hydrogens is 340 g/mol. The summed E-state index contributed by atoms with van der Waals surface area (Å²) in [5, 5.41) is 19.6. The molecule has 4 nitrogen and oxygen atoms in total. The molecule has 0 unspecified atom stereocenters. The van der Waals surface area contributed by atoms with Gasteiger partial charge in [0.1, 0.15) is 0 Å². The van der Waals surface area contributed by atoms with E-state index in [2.05, 4.69) is 20.8 Å². The number of carboxylic acids is 1. The van der Waals surface area contributed by atoms with Crippen molar-refractivity contribution in [3.05, 3.63) is 12.2 Å². The lowest BCUT2D eigenvalue weighted by atomic mass is 9.77. The molecule has 1 saturated carbocycles. The topological polar surface area (TPSA) is 74.6 Å². The molecule has 2 aliphatic carbocycles. The van der Waals surface area contributed by atoms with Crippen molar-refractivity contribution in [2.45, 2.75) is 91.1 Å². The number of rotatable bonds is 13. The molecule has 0 saturated heterocycles. The molecule has 0 aromatic carbocycles. The quantitative estimate of drug-likeness (QED) is 0.442. The fraction of sp³-hybridized carbons (Fsp3) is 0.826. The number of ketones is 1. The number of carboxylic acid groups (broad SMARTS) is 1. The molecule has 1 fully saturated rings. The predicted molar refractivity (Wildman–Crippen MR) is 107 cm³/mol. The maximum atomic E-state index is 12.2. The monoisotopic (exact) mass is 378 g/mol. The lowest BCUT2D eigenvalue weighted by molar-refractivity contribution is -0.138. The average Bonchev–Trinajstić information content (AvgIpc) is 3.32. The van der Waals surface area contributed by atoms with E-state index in [1.807, 2.05) is 6.08 Å². The lowest BCUT2D eigenvalue weighted by Crippen LogP contribution is -2.30. The molecule has 0 amide bonds. The van der Waals surface area contributed by atoms with Gasteiger partial charge in [-0.3, -0.25) is 9.59 Å². The highest BCUT2D eigenvalue weighted by Crippen LogP contribution is 2.43. The summed E-state index contributed by atoms with van der Waals surface area (Å²) in [6.45, 7) is 6.46. The van der Waals surface area contributed by atoms with E-state index in [1.165, 1.54) is 0 Å². The van der Waals surface area contributed by atoms with Crippen LogP contribution in [0.25, 0.3) is 0 Å². The summed E-state index contributed by atoms with van der Waals surface area (Å²) in [7, 11) is 0. The van der Waals surface area contributed by atoms with Crippen molar-refractivity contribution < 1.29 is 19.8 Å². The minimum absolute atomic E-state index is 0.0606. The number of unbranched alkanes of at least 4 members (excludes halogenated alkanes) is 2. The summed E-state index contributed by atoms with van der Waals surface area (Å²) in [5.74, 6) is 0.124.